The van der Waals surface area contributed by atoms with Gasteiger partial charge in [-0.3, -0.25) is 12.2 Å². The van der Waals surface area contributed by atoms with Crippen LogP contribution < -0.4 is 0 Å². The molecule has 0 N–H and O–H groups in total. The van der Waals surface area contributed by atoms with Crippen LogP contribution in [-0.4, -0.2) is 0 Å². The molecular formula is C24H36Cl2Zr. The molecule has 4 rings (SSSR count). The van der Waals surface area contributed by atoms with Crippen molar-refractivity contribution in [3.8, 4) is 0 Å². The Morgan fingerprint density at radius 1 is 0.630 bits per heavy atom. The van der Waals surface area contributed by atoms with Gasteiger partial charge in [-0.1, -0.05) is 77.0 Å². The minimum Gasteiger partial charge on any atom is -0.269 e. The van der Waals surface area contributed by atoms with Gasteiger partial charge in [0.05, 0.1) is 0 Å². The summed E-state index contributed by atoms with van der Waals surface area (Å²) in [5, 5.41) is 0. The molecule has 4 aliphatic carbocycles. The normalized spacial score (nSPS) is 21.8. The van der Waals surface area contributed by atoms with Crippen LogP contribution in [0.25, 0.3) is 0 Å². The Bertz CT molecular complexity index is 447. The zero-order valence-corrected chi connectivity index (χ0v) is 20.8. The molecule has 0 aliphatic heterocycles. The zero-order chi connectivity index (χ0) is 16.5. The molecular weight excluding hydrogens is 450 g/mol. The maximum absolute atomic E-state index is 3.41. The Kier molecular flexibility index (Phi) is 16.5. The summed E-state index contributed by atoms with van der Waals surface area (Å²) < 4.78 is 0. The molecule has 0 heterocycles. The maximum atomic E-state index is 3.41. The molecule has 0 saturated heterocycles. The van der Waals surface area contributed by atoms with Crippen LogP contribution in [0.5, 0.6) is 0 Å². The van der Waals surface area contributed by atoms with Gasteiger partial charge in [-0.2, -0.15) is 12.2 Å². The first-order valence-corrected chi connectivity index (χ1v) is 10.4. The van der Waals surface area contributed by atoms with Crippen molar-refractivity contribution in [2.45, 2.75) is 89.9 Å². The average molecular weight is 487 g/mol. The second kappa shape index (κ2) is 16.2. The fraction of sp³-hybridized carbons (Fsp3) is 0.667. The molecule has 0 unspecified atom stereocenters. The third-order valence-corrected chi connectivity index (χ3v) is 6.00. The fourth-order valence-corrected chi connectivity index (χ4v) is 4.59. The van der Waals surface area contributed by atoms with Gasteiger partial charge in [0.25, 0.3) is 0 Å². The molecule has 0 aromatic rings. The second-order valence-corrected chi connectivity index (χ2v) is 8.03. The predicted octanol–water partition coefficient (Wildman–Crippen LogP) is 8.13. The summed E-state index contributed by atoms with van der Waals surface area (Å²) in [6.45, 7) is 0. The zero-order valence-electron chi connectivity index (χ0n) is 16.7. The Morgan fingerprint density at radius 2 is 1.00 bits per heavy atom. The Labute approximate surface area is 199 Å². The molecule has 2 fully saturated rings. The van der Waals surface area contributed by atoms with Crippen molar-refractivity contribution in [1.29, 1.82) is 0 Å². The molecule has 0 atom stereocenters. The molecule has 0 aromatic heterocycles. The van der Waals surface area contributed by atoms with E-state index in [1.54, 1.807) is 0 Å². The molecule has 4 aliphatic rings. The Balaban J connectivity index is 0.000000451. The predicted molar refractivity (Wildman–Crippen MR) is 118 cm³/mol. The van der Waals surface area contributed by atoms with Crippen molar-refractivity contribution in [2.75, 3.05) is 0 Å². The van der Waals surface area contributed by atoms with Gasteiger partial charge in [0.15, 0.2) is 0 Å². The van der Waals surface area contributed by atoms with E-state index in [4.69, 9.17) is 0 Å². The second-order valence-electron chi connectivity index (χ2n) is 8.03. The van der Waals surface area contributed by atoms with E-state index in [1.807, 2.05) is 0 Å². The molecule has 3 heteroatoms. The van der Waals surface area contributed by atoms with Crippen molar-refractivity contribution in [3.63, 3.8) is 0 Å². The van der Waals surface area contributed by atoms with Crippen LogP contribution in [0, 0.1) is 24.0 Å². The van der Waals surface area contributed by atoms with Crippen molar-refractivity contribution in [3.05, 3.63) is 47.6 Å². The topological polar surface area (TPSA) is 0 Å². The molecule has 0 amide bonds. The van der Waals surface area contributed by atoms with Gasteiger partial charge in [-0.15, -0.1) is 37.7 Å². The summed E-state index contributed by atoms with van der Waals surface area (Å²) in [7, 11) is 0. The van der Waals surface area contributed by atoms with Crippen LogP contribution in [0.15, 0.2) is 35.5 Å². The minimum atomic E-state index is 0. The first-order valence-electron chi connectivity index (χ1n) is 10.4. The van der Waals surface area contributed by atoms with Crippen molar-refractivity contribution in [2.24, 2.45) is 11.8 Å². The summed E-state index contributed by atoms with van der Waals surface area (Å²) in [6.07, 6.45) is 35.1. The third-order valence-electron chi connectivity index (χ3n) is 6.00. The molecule has 0 bridgehead atoms. The van der Waals surface area contributed by atoms with E-state index in [0.29, 0.717) is 0 Å². The van der Waals surface area contributed by atoms with Crippen LogP contribution in [0.4, 0.5) is 0 Å². The van der Waals surface area contributed by atoms with Crippen LogP contribution in [0.2, 0.25) is 0 Å². The van der Waals surface area contributed by atoms with Crippen molar-refractivity contribution < 1.29 is 26.2 Å². The first-order chi connectivity index (χ1) is 11.9. The number of halogens is 2. The molecule has 150 valence electrons. The first kappa shape index (κ1) is 27.4. The van der Waals surface area contributed by atoms with E-state index in [9.17, 15) is 0 Å². The Hall–Kier alpha value is 0.423. The number of allylic oxidation sites excluding steroid dienone is 8. The van der Waals surface area contributed by atoms with Gasteiger partial charge < -0.3 is 0 Å². The van der Waals surface area contributed by atoms with Gasteiger partial charge in [0, 0.05) is 0 Å². The van der Waals surface area contributed by atoms with E-state index >= 15 is 0 Å². The van der Waals surface area contributed by atoms with Gasteiger partial charge >= 0.3 is 26.2 Å². The van der Waals surface area contributed by atoms with Gasteiger partial charge in [0.2, 0.25) is 0 Å². The smallest absolute Gasteiger partial charge is 0.269 e. The van der Waals surface area contributed by atoms with Crippen molar-refractivity contribution >= 4 is 24.8 Å². The third kappa shape index (κ3) is 10.7. The van der Waals surface area contributed by atoms with E-state index in [-0.39, 0.29) is 51.0 Å². The maximum Gasteiger partial charge on any atom is 2.00 e. The van der Waals surface area contributed by atoms with E-state index in [2.05, 4.69) is 36.5 Å². The average Bonchev–Trinajstić information content (AvgIpc) is 3.32. The number of hydrogen-bond donors (Lipinski definition) is 0. The molecule has 27 heavy (non-hydrogen) atoms. The van der Waals surface area contributed by atoms with Crippen LogP contribution in [-0.2, 0) is 26.2 Å². The van der Waals surface area contributed by atoms with Gasteiger partial charge in [0.1, 0.15) is 0 Å². The molecule has 0 radical (unpaired) electrons. The summed E-state index contributed by atoms with van der Waals surface area (Å²) in [5.74, 6) is 1.95. The monoisotopic (exact) mass is 484 g/mol. The van der Waals surface area contributed by atoms with E-state index in [0.717, 1.165) is 24.7 Å². The minimum absolute atomic E-state index is 0. The number of hydrogen-bond acceptors (Lipinski definition) is 0. The van der Waals surface area contributed by atoms with Crippen molar-refractivity contribution in [1.82, 2.24) is 0 Å². The number of rotatable bonds is 4. The largest absolute Gasteiger partial charge is 2.00 e. The van der Waals surface area contributed by atoms with Gasteiger partial charge in [-0.25, -0.2) is 23.3 Å². The standard InChI is InChI=1S/2C12H17.2ClH.Zr/c2*1-2-6-11(7-3-1)10-12-8-4-5-9-12;;;/h2*4,8,11H,1-3,5-7,10H2;2*1H;/q2*-1;;;+2. The molecule has 2 saturated carbocycles. The summed E-state index contributed by atoms with van der Waals surface area (Å²) in [4.78, 5) is 0. The van der Waals surface area contributed by atoms with E-state index in [1.165, 1.54) is 88.2 Å². The molecule has 0 spiro atoms. The fourth-order valence-electron chi connectivity index (χ4n) is 4.59. The van der Waals surface area contributed by atoms with Crippen LogP contribution in [0.1, 0.15) is 89.9 Å². The van der Waals surface area contributed by atoms with Gasteiger partial charge in [-0.05, 0) is 11.8 Å². The summed E-state index contributed by atoms with van der Waals surface area (Å²) in [5.41, 5.74) is 2.95. The van der Waals surface area contributed by atoms with Crippen LogP contribution >= 0.6 is 24.8 Å². The Morgan fingerprint density at radius 3 is 1.30 bits per heavy atom. The summed E-state index contributed by atoms with van der Waals surface area (Å²) >= 11 is 0. The molecule has 0 nitrogen and oxygen atoms in total. The SMILES string of the molecule is Cl.Cl.[C-]1=C(CC2CCCCC2)C=CC1.[C-]1=C(CC2CCCCC2)C=CC1.[Zr+2]. The van der Waals surface area contributed by atoms with E-state index < -0.39 is 0 Å². The molecule has 0 aromatic carbocycles. The van der Waals surface area contributed by atoms with Crippen LogP contribution in [0.3, 0.4) is 0 Å². The quantitative estimate of drug-likeness (QED) is 0.352. The summed E-state index contributed by atoms with van der Waals surface area (Å²) in [6, 6.07) is 0.